The predicted octanol–water partition coefficient (Wildman–Crippen LogP) is 3.42. The molecule has 0 heterocycles. The summed E-state index contributed by atoms with van der Waals surface area (Å²) < 4.78 is 43.8. The van der Waals surface area contributed by atoms with Crippen LogP contribution in [0.3, 0.4) is 0 Å². The Morgan fingerprint density at radius 3 is 2.48 bits per heavy atom. The second-order valence-corrected chi connectivity index (χ2v) is 4.99. The van der Waals surface area contributed by atoms with E-state index in [9.17, 15) is 13.2 Å². The lowest BCUT2D eigenvalue weighted by Gasteiger charge is -2.31. The van der Waals surface area contributed by atoms with Crippen LogP contribution < -0.4 is 10.6 Å². The molecule has 0 aliphatic heterocycles. The van der Waals surface area contributed by atoms with Gasteiger partial charge in [-0.3, -0.25) is 0 Å². The van der Waals surface area contributed by atoms with Crippen LogP contribution in [0.1, 0.15) is 31.4 Å². The van der Waals surface area contributed by atoms with Gasteiger partial charge in [-0.15, -0.1) is 0 Å². The average Bonchev–Trinajstić information content (AvgIpc) is 2.45. The first-order chi connectivity index (χ1) is 9.85. The molecule has 0 aliphatic carbocycles. The minimum Gasteiger partial charge on any atom is -0.383 e. The van der Waals surface area contributed by atoms with Crippen molar-refractivity contribution >= 4 is 5.69 Å². The van der Waals surface area contributed by atoms with Crippen LogP contribution in [0.5, 0.6) is 0 Å². The van der Waals surface area contributed by atoms with Crippen molar-refractivity contribution in [3.05, 3.63) is 29.3 Å². The molecule has 0 bridgehead atoms. The minimum absolute atomic E-state index is 0.116. The third-order valence-electron chi connectivity index (χ3n) is 3.60. The maximum absolute atomic E-state index is 12.9. The van der Waals surface area contributed by atoms with Crippen molar-refractivity contribution < 1.29 is 17.9 Å². The normalized spacial score (nSPS) is 13.3. The number of alkyl halides is 3. The Bertz CT molecular complexity index is 449. The summed E-state index contributed by atoms with van der Waals surface area (Å²) in [6.45, 7) is 5.08. The summed E-state index contributed by atoms with van der Waals surface area (Å²) in [6.07, 6.45) is -3.48. The smallest absolute Gasteiger partial charge is 0.383 e. The van der Waals surface area contributed by atoms with E-state index < -0.39 is 11.7 Å². The number of nitrogens with zero attached hydrogens (tertiary/aromatic N) is 1. The maximum Gasteiger partial charge on any atom is 0.416 e. The highest BCUT2D eigenvalue weighted by Crippen LogP contribution is 2.34. The molecule has 0 radical (unpaired) electrons. The van der Waals surface area contributed by atoms with E-state index in [1.165, 1.54) is 12.1 Å². The lowest BCUT2D eigenvalue weighted by Crippen LogP contribution is -2.35. The van der Waals surface area contributed by atoms with Crippen molar-refractivity contribution in [3.8, 4) is 0 Å². The highest BCUT2D eigenvalue weighted by atomic mass is 19.4. The van der Waals surface area contributed by atoms with Crippen molar-refractivity contribution in [2.75, 3.05) is 25.2 Å². The van der Waals surface area contributed by atoms with Crippen LogP contribution in [-0.4, -0.2) is 26.3 Å². The van der Waals surface area contributed by atoms with Gasteiger partial charge in [0.1, 0.15) is 0 Å². The Kier molecular flexibility index (Phi) is 6.48. The van der Waals surface area contributed by atoms with Gasteiger partial charge in [-0.2, -0.15) is 13.2 Å². The lowest BCUT2D eigenvalue weighted by atomic mass is 10.0. The van der Waals surface area contributed by atoms with Gasteiger partial charge >= 0.3 is 6.18 Å². The second-order valence-electron chi connectivity index (χ2n) is 4.99. The summed E-state index contributed by atoms with van der Waals surface area (Å²) in [6, 6.07) is 4.36. The van der Waals surface area contributed by atoms with Gasteiger partial charge in [0.25, 0.3) is 0 Å². The summed E-state index contributed by atoms with van der Waals surface area (Å²) >= 11 is 0. The molecule has 1 aromatic rings. The first kappa shape index (κ1) is 17.8. The van der Waals surface area contributed by atoms with Crippen LogP contribution >= 0.6 is 0 Å². The quantitative estimate of drug-likeness (QED) is 0.839. The zero-order chi connectivity index (χ0) is 16.0. The van der Waals surface area contributed by atoms with Crippen LogP contribution in [0.25, 0.3) is 0 Å². The lowest BCUT2D eigenvalue weighted by molar-refractivity contribution is -0.138. The number of anilines is 1. The average molecular weight is 304 g/mol. The Hall–Kier alpha value is -1.27. The SMILES string of the molecule is CCC(C)N(CCOC)c1ccc(C(F)(F)F)c(CN)c1. The molecule has 0 saturated heterocycles. The molecular weight excluding hydrogens is 281 g/mol. The third kappa shape index (κ3) is 4.61. The molecule has 1 rings (SSSR count). The van der Waals surface area contributed by atoms with E-state index in [0.717, 1.165) is 18.2 Å². The van der Waals surface area contributed by atoms with E-state index in [2.05, 4.69) is 0 Å². The van der Waals surface area contributed by atoms with E-state index >= 15 is 0 Å². The van der Waals surface area contributed by atoms with Crippen molar-refractivity contribution in [1.29, 1.82) is 0 Å². The van der Waals surface area contributed by atoms with Gasteiger partial charge in [0.2, 0.25) is 0 Å². The highest BCUT2D eigenvalue weighted by Gasteiger charge is 2.33. The zero-order valence-electron chi connectivity index (χ0n) is 12.7. The van der Waals surface area contributed by atoms with Crippen LogP contribution in [0, 0.1) is 0 Å². The molecule has 0 aliphatic rings. The predicted molar refractivity (Wildman–Crippen MR) is 78.3 cm³/mol. The Labute approximate surface area is 123 Å². The molecule has 0 saturated carbocycles. The number of halogens is 3. The molecule has 0 aromatic heterocycles. The second kappa shape index (κ2) is 7.66. The Balaban J connectivity index is 3.15. The van der Waals surface area contributed by atoms with E-state index in [1.54, 1.807) is 7.11 Å². The van der Waals surface area contributed by atoms with Crippen LogP contribution in [0.4, 0.5) is 18.9 Å². The maximum atomic E-state index is 12.9. The summed E-state index contributed by atoms with van der Waals surface area (Å²) in [5.41, 5.74) is 5.68. The Morgan fingerprint density at radius 2 is 2.00 bits per heavy atom. The standard InChI is InChI=1S/C15H23F3N2O/c1-4-11(2)20(7-8-21-3)13-5-6-14(15(16,17)18)12(9-13)10-19/h5-6,9,11H,4,7-8,10,19H2,1-3H3. The molecule has 0 fully saturated rings. The van der Waals surface area contributed by atoms with Gasteiger partial charge in [-0.25, -0.2) is 0 Å². The monoisotopic (exact) mass is 304 g/mol. The molecule has 2 N–H and O–H groups in total. The number of ether oxygens (including phenoxy) is 1. The molecule has 0 amide bonds. The van der Waals surface area contributed by atoms with Crippen molar-refractivity contribution in [2.24, 2.45) is 5.73 Å². The minimum atomic E-state index is -4.37. The number of nitrogens with two attached hydrogens (primary N) is 1. The summed E-state index contributed by atoms with van der Waals surface area (Å²) in [5, 5.41) is 0. The molecule has 21 heavy (non-hydrogen) atoms. The van der Waals surface area contributed by atoms with Gasteiger partial charge in [-0.05, 0) is 37.1 Å². The van der Waals surface area contributed by atoms with Gasteiger partial charge in [-0.1, -0.05) is 6.92 Å². The molecule has 6 heteroatoms. The zero-order valence-corrected chi connectivity index (χ0v) is 12.7. The summed E-state index contributed by atoms with van der Waals surface area (Å²) in [5.74, 6) is 0. The number of hydrogen-bond acceptors (Lipinski definition) is 3. The number of hydrogen-bond donors (Lipinski definition) is 1. The van der Waals surface area contributed by atoms with Gasteiger partial charge in [0.15, 0.2) is 0 Å². The number of rotatable bonds is 7. The molecule has 1 unspecified atom stereocenters. The van der Waals surface area contributed by atoms with Gasteiger partial charge < -0.3 is 15.4 Å². The summed E-state index contributed by atoms with van der Waals surface area (Å²) in [4.78, 5) is 2.04. The fourth-order valence-electron chi connectivity index (χ4n) is 2.22. The highest BCUT2D eigenvalue weighted by molar-refractivity contribution is 5.52. The Morgan fingerprint density at radius 1 is 1.33 bits per heavy atom. The van der Waals surface area contributed by atoms with Crippen LogP contribution in [-0.2, 0) is 17.5 Å². The summed E-state index contributed by atoms with van der Waals surface area (Å²) in [7, 11) is 1.60. The number of benzene rings is 1. The number of methoxy groups -OCH3 is 1. The van der Waals surface area contributed by atoms with Crippen molar-refractivity contribution in [3.63, 3.8) is 0 Å². The first-order valence-electron chi connectivity index (χ1n) is 7.00. The van der Waals surface area contributed by atoms with E-state index in [4.69, 9.17) is 10.5 Å². The van der Waals surface area contributed by atoms with Crippen LogP contribution in [0.15, 0.2) is 18.2 Å². The van der Waals surface area contributed by atoms with Gasteiger partial charge in [0.05, 0.1) is 12.2 Å². The van der Waals surface area contributed by atoms with E-state index in [-0.39, 0.29) is 18.2 Å². The molecule has 3 nitrogen and oxygen atoms in total. The molecule has 0 spiro atoms. The first-order valence-corrected chi connectivity index (χ1v) is 7.00. The molecule has 120 valence electrons. The van der Waals surface area contributed by atoms with Crippen molar-refractivity contribution in [1.82, 2.24) is 0 Å². The van der Waals surface area contributed by atoms with E-state index in [1.807, 2.05) is 18.7 Å². The fraction of sp³-hybridized carbons (Fsp3) is 0.600. The molecule has 1 aromatic carbocycles. The van der Waals surface area contributed by atoms with E-state index in [0.29, 0.717) is 13.2 Å². The molecule has 1 atom stereocenters. The molecular formula is C15H23F3N2O. The fourth-order valence-corrected chi connectivity index (χ4v) is 2.22. The van der Waals surface area contributed by atoms with Crippen LogP contribution in [0.2, 0.25) is 0 Å². The largest absolute Gasteiger partial charge is 0.416 e. The third-order valence-corrected chi connectivity index (χ3v) is 3.60. The van der Waals surface area contributed by atoms with Gasteiger partial charge in [0, 0.05) is 31.9 Å². The topological polar surface area (TPSA) is 38.5 Å². The van der Waals surface area contributed by atoms with Crippen molar-refractivity contribution in [2.45, 2.75) is 39.0 Å².